The van der Waals surface area contributed by atoms with E-state index in [1.807, 2.05) is 25.1 Å². The Morgan fingerprint density at radius 1 is 1.10 bits per heavy atom. The molecule has 2 fully saturated rings. The molecule has 0 radical (unpaired) electrons. The van der Waals surface area contributed by atoms with Gasteiger partial charge in [-0.2, -0.15) is 0 Å². The summed E-state index contributed by atoms with van der Waals surface area (Å²) in [6.07, 6.45) is 2.04. The molecule has 1 aromatic carbocycles. The summed E-state index contributed by atoms with van der Waals surface area (Å²) in [4.78, 5) is 40.5. The van der Waals surface area contributed by atoms with Gasteiger partial charge in [0.2, 0.25) is 0 Å². The molecule has 1 aromatic heterocycles. The van der Waals surface area contributed by atoms with Gasteiger partial charge < -0.3 is 19.2 Å². The Balaban J connectivity index is 1.54. The molecule has 1 N–H and O–H groups in total. The van der Waals surface area contributed by atoms with Gasteiger partial charge in [0.05, 0.1) is 12.9 Å². The third-order valence-corrected chi connectivity index (χ3v) is 5.59. The Hall–Kier alpha value is -3.13. The minimum Gasteiger partial charge on any atom is -0.480 e. The zero-order valence-corrected chi connectivity index (χ0v) is 16.0. The number of carbonyl (C=O) groups excluding carboxylic acids is 2. The quantitative estimate of drug-likeness (QED) is 0.850. The monoisotopic (exact) mass is 398 g/mol. The first-order valence-corrected chi connectivity index (χ1v) is 9.51. The number of carboxylic acids is 1. The second-order valence-electron chi connectivity index (χ2n) is 7.43. The third kappa shape index (κ3) is 3.40. The maximum Gasteiger partial charge on any atom is 0.328 e. The molecule has 2 saturated heterocycles. The van der Waals surface area contributed by atoms with E-state index in [9.17, 15) is 19.5 Å². The number of nitrogens with zero attached hydrogens (tertiary/aromatic N) is 2. The number of hydrogen-bond acceptors (Lipinski definition) is 5. The van der Waals surface area contributed by atoms with E-state index in [2.05, 4.69) is 0 Å². The van der Waals surface area contributed by atoms with Crippen LogP contribution in [0.2, 0.25) is 0 Å². The number of amides is 2. The molecule has 2 aliphatic rings. The van der Waals surface area contributed by atoms with Gasteiger partial charge in [-0.25, -0.2) is 4.79 Å². The van der Waals surface area contributed by atoms with Crippen molar-refractivity contribution in [2.24, 2.45) is 0 Å². The Labute approximate surface area is 167 Å². The van der Waals surface area contributed by atoms with Crippen molar-refractivity contribution < 1.29 is 28.6 Å². The molecule has 2 amide bonds. The lowest BCUT2D eigenvalue weighted by Crippen LogP contribution is -2.58. The van der Waals surface area contributed by atoms with Crippen LogP contribution in [0.15, 0.2) is 47.1 Å². The van der Waals surface area contributed by atoms with Crippen molar-refractivity contribution in [3.63, 3.8) is 0 Å². The largest absolute Gasteiger partial charge is 0.480 e. The van der Waals surface area contributed by atoms with Gasteiger partial charge >= 0.3 is 5.97 Å². The summed E-state index contributed by atoms with van der Waals surface area (Å²) in [6, 6.07) is 9.38. The minimum absolute atomic E-state index is 0.0689. The third-order valence-electron chi connectivity index (χ3n) is 5.59. The lowest BCUT2D eigenvalue weighted by atomic mass is 9.96. The van der Waals surface area contributed by atoms with Crippen molar-refractivity contribution >= 4 is 17.8 Å². The number of aliphatic carboxylic acids is 1. The van der Waals surface area contributed by atoms with E-state index in [0.29, 0.717) is 31.5 Å². The van der Waals surface area contributed by atoms with Crippen molar-refractivity contribution in [1.29, 1.82) is 0 Å². The summed E-state index contributed by atoms with van der Waals surface area (Å²) in [5.41, 5.74) is 0.555. The molecule has 3 heterocycles. The highest BCUT2D eigenvalue weighted by atomic mass is 16.5. The average molecular weight is 398 g/mol. The molecule has 0 bridgehead atoms. The lowest BCUT2D eigenvalue weighted by molar-refractivity contribution is -0.143. The smallest absolute Gasteiger partial charge is 0.328 e. The molecule has 2 aliphatic heterocycles. The van der Waals surface area contributed by atoms with Gasteiger partial charge in [-0.1, -0.05) is 17.7 Å². The van der Waals surface area contributed by atoms with Crippen LogP contribution in [-0.2, 0) is 9.53 Å². The second-order valence-corrected chi connectivity index (χ2v) is 7.43. The van der Waals surface area contributed by atoms with Crippen molar-refractivity contribution in [2.75, 3.05) is 19.7 Å². The van der Waals surface area contributed by atoms with Gasteiger partial charge in [0.25, 0.3) is 11.8 Å². The predicted molar refractivity (Wildman–Crippen MR) is 101 cm³/mol. The van der Waals surface area contributed by atoms with Gasteiger partial charge in [0, 0.05) is 31.5 Å². The van der Waals surface area contributed by atoms with Crippen LogP contribution in [0.25, 0.3) is 0 Å². The van der Waals surface area contributed by atoms with E-state index < -0.39 is 23.6 Å². The molecule has 0 saturated carbocycles. The summed E-state index contributed by atoms with van der Waals surface area (Å²) in [5, 5.41) is 9.59. The predicted octanol–water partition coefficient (Wildman–Crippen LogP) is 2.15. The number of carboxylic acid groups (broad SMARTS) is 1. The van der Waals surface area contributed by atoms with Crippen LogP contribution >= 0.6 is 0 Å². The second kappa shape index (κ2) is 7.36. The molecule has 0 aliphatic carbocycles. The first-order chi connectivity index (χ1) is 13.9. The molecule has 0 unspecified atom stereocenters. The molecule has 29 heavy (non-hydrogen) atoms. The van der Waals surface area contributed by atoms with Crippen LogP contribution in [0.4, 0.5) is 0 Å². The van der Waals surface area contributed by atoms with Gasteiger partial charge in [0.1, 0.15) is 5.72 Å². The van der Waals surface area contributed by atoms with E-state index in [-0.39, 0.29) is 18.3 Å². The maximum atomic E-state index is 13.0. The molecule has 8 heteroatoms. The maximum absolute atomic E-state index is 13.0. The van der Waals surface area contributed by atoms with Crippen LogP contribution in [0.1, 0.15) is 39.3 Å². The number of aryl methyl sites for hydroxylation is 1. The topological polar surface area (TPSA) is 100 Å². The SMILES string of the molecule is Cc1cccc(C(=O)N2CCC3(CC2)OC[C@@H](C(=O)O)N3C(=O)c2ccco2)c1. The zero-order valence-electron chi connectivity index (χ0n) is 16.0. The Kier molecular flexibility index (Phi) is 4.87. The normalized spacial score (nSPS) is 20.8. The van der Waals surface area contributed by atoms with Gasteiger partial charge in [0.15, 0.2) is 11.8 Å². The van der Waals surface area contributed by atoms with Crippen LogP contribution < -0.4 is 0 Å². The van der Waals surface area contributed by atoms with Gasteiger partial charge in [-0.15, -0.1) is 0 Å². The van der Waals surface area contributed by atoms with E-state index in [1.165, 1.54) is 17.2 Å². The molecular weight excluding hydrogens is 376 g/mol. The summed E-state index contributed by atoms with van der Waals surface area (Å²) < 4.78 is 11.1. The number of ether oxygens (including phenoxy) is 1. The number of piperidine rings is 1. The molecule has 1 atom stereocenters. The highest BCUT2D eigenvalue weighted by Crippen LogP contribution is 2.38. The van der Waals surface area contributed by atoms with Crippen molar-refractivity contribution in [3.8, 4) is 0 Å². The van der Waals surface area contributed by atoms with Crippen LogP contribution in [0.3, 0.4) is 0 Å². The molecular formula is C21H22N2O6. The van der Waals surface area contributed by atoms with E-state index >= 15 is 0 Å². The number of furan rings is 1. The summed E-state index contributed by atoms with van der Waals surface area (Å²) >= 11 is 0. The van der Waals surface area contributed by atoms with Crippen molar-refractivity contribution in [1.82, 2.24) is 9.80 Å². The Bertz CT molecular complexity index is 930. The molecule has 1 spiro atoms. The van der Waals surface area contributed by atoms with Crippen LogP contribution in [0, 0.1) is 6.92 Å². The standard InChI is InChI=1S/C21H22N2O6/c1-14-4-2-5-15(12-14)18(24)22-9-7-21(8-10-22)23(16(13-29-21)20(26)27)19(25)17-6-3-11-28-17/h2-6,11-12,16H,7-10,13H2,1H3,(H,26,27)/t16-/m0/s1. The fourth-order valence-corrected chi connectivity index (χ4v) is 4.09. The highest BCUT2D eigenvalue weighted by Gasteiger charge is 2.54. The first kappa shape index (κ1) is 19.2. The summed E-state index contributed by atoms with van der Waals surface area (Å²) in [5.74, 6) is -1.65. The first-order valence-electron chi connectivity index (χ1n) is 9.51. The summed E-state index contributed by atoms with van der Waals surface area (Å²) in [6.45, 7) is 2.56. The molecule has 8 nitrogen and oxygen atoms in total. The van der Waals surface area contributed by atoms with Gasteiger partial charge in [-0.3, -0.25) is 14.5 Å². The molecule has 4 rings (SSSR count). The van der Waals surface area contributed by atoms with E-state index in [1.54, 1.807) is 17.0 Å². The molecule has 2 aromatic rings. The fourth-order valence-electron chi connectivity index (χ4n) is 4.09. The lowest BCUT2D eigenvalue weighted by Gasteiger charge is -2.44. The fraction of sp³-hybridized carbons (Fsp3) is 0.381. The average Bonchev–Trinajstić information content (AvgIpc) is 3.36. The van der Waals surface area contributed by atoms with Crippen molar-refractivity contribution in [3.05, 3.63) is 59.5 Å². The van der Waals surface area contributed by atoms with Gasteiger partial charge in [-0.05, 0) is 31.2 Å². The van der Waals surface area contributed by atoms with E-state index in [0.717, 1.165) is 5.56 Å². The number of likely N-dealkylation sites (tertiary alicyclic amines) is 1. The minimum atomic E-state index is -1.12. The summed E-state index contributed by atoms with van der Waals surface area (Å²) in [7, 11) is 0. The molecule has 152 valence electrons. The van der Waals surface area contributed by atoms with Crippen molar-refractivity contribution in [2.45, 2.75) is 31.5 Å². The Morgan fingerprint density at radius 2 is 1.86 bits per heavy atom. The number of hydrogen-bond donors (Lipinski definition) is 1. The van der Waals surface area contributed by atoms with E-state index in [4.69, 9.17) is 9.15 Å². The Morgan fingerprint density at radius 3 is 2.48 bits per heavy atom. The van der Waals surface area contributed by atoms with Crippen LogP contribution in [0.5, 0.6) is 0 Å². The highest BCUT2D eigenvalue weighted by molar-refractivity contribution is 5.96. The number of benzene rings is 1. The number of rotatable bonds is 3. The van der Waals surface area contributed by atoms with Crippen LogP contribution in [-0.4, -0.2) is 64.2 Å². The number of carbonyl (C=O) groups is 3. The zero-order chi connectivity index (χ0) is 20.6.